The first-order chi connectivity index (χ1) is 12.9. The minimum atomic E-state index is -1.30. The van der Waals surface area contributed by atoms with Gasteiger partial charge in [-0.2, -0.15) is 0 Å². The lowest BCUT2D eigenvalue weighted by molar-refractivity contribution is 0.0695. The summed E-state index contributed by atoms with van der Waals surface area (Å²) in [4.78, 5) is 28.5. The van der Waals surface area contributed by atoms with Crippen LogP contribution in [-0.2, 0) is 6.54 Å². The number of halogens is 1. The van der Waals surface area contributed by atoms with Crippen molar-refractivity contribution < 1.29 is 14.3 Å². The smallest absolute Gasteiger partial charge is 0.341 e. The highest BCUT2D eigenvalue weighted by Crippen LogP contribution is 2.39. The molecule has 0 bridgehead atoms. The number of rotatable bonds is 4. The monoisotopic (exact) mass is 374 g/mol. The van der Waals surface area contributed by atoms with E-state index in [4.69, 9.17) is 5.73 Å². The molecule has 0 spiro atoms. The number of anilines is 1. The van der Waals surface area contributed by atoms with E-state index in [9.17, 15) is 14.7 Å². The van der Waals surface area contributed by atoms with Crippen LogP contribution < -0.4 is 16.1 Å². The summed E-state index contributed by atoms with van der Waals surface area (Å²) < 4.78 is 17.1. The standard InChI is InChI=1S/C19H23FN4O3/c1-22-4-6-23(7-5-22)15-8-14-16(12(9-21)17(15)20)18(25)13(19(26)27)10-24(14)11-2-3-11/h8,10-11H,2-7,9,21H2,1H3,(H,26,27). The first-order valence-electron chi connectivity index (χ1n) is 9.19. The van der Waals surface area contributed by atoms with Crippen molar-refractivity contribution in [1.29, 1.82) is 0 Å². The third-order valence-corrected chi connectivity index (χ3v) is 5.56. The summed E-state index contributed by atoms with van der Waals surface area (Å²) in [6, 6.07) is 1.84. The summed E-state index contributed by atoms with van der Waals surface area (Å²) in [5.74, 6) is -1.82. The molecule has 1 saturated heterocycles. The number of pyridine rings is 1. The van der Waals surface area contributed by atoms with Gasteiger partial charge >= 0.3 is 5.97 Å². The van der Waals surface area contributed by atoms with Crippen molar-refractivity contribution in [2.24, 2.45) is 5.73 Å². The fourth-order valence-corrected chi connectivity index (χ4v) is 3.82. The fraction of sp³-hybridized carbons (Fsp3) is 0.474. The number of piperazine rings is 1. The summed E-state index contributed by atoms with van der Waals surface area (Å²) in [7, 11) is 2.03. The van der Waals surface area contributed by atoms with Crippen LogP contribution in [0.4, 0.5) is 10.1 Å². The average Bonchev–Trinajstić information content (AvgIpc) is 3.47. The van der Waals surface area contributed by atoms with Gasteiger partial charge in [0.25, 0.3) is 0 Å². The largest absolute Gasteiger partial charge is 0.477 e. The van der Waals surface area contributed by atoms with Crippen molar-refractivity contribution in [1.82, 2.24) is 9.47 Å². The van der Waals surface area contributed by atoms with Crippen LogP contribution in [0.25, 0.3) is 10.9 Å². The van der Waals surface area contributed by atoms with Crippen molar-refractivity contribution in [2.75, 3.05) is 38.1 Å². The zero-order chi connectivity index (χ0) is 19.3. The second-order valence-electron chi connectivity index (χ2n) is 7.39. The zero-order valence-electron chi connectivity index (χ0n) is 15.2. The van der Waals surface area contributed by atoms with Gasteiger partial charge in [-0.05, 0) is 26.0 Å². The number of carbonyl (C=O) groups is 1. The van der Waals surface area contributed by atoms with Crippen LogP contribution in [0.3, 0.4) is 0 Å². The lowest BCUT2D eigenvalue weighted by Gasteiger charge is -2.34. The molecule has 1 aromatic heterocycles. The van der Waals surface area contributed by atoms with E-state index in [-0.39, 0.29) is 29.1 Å². The molecule has 27 heavy (non-hydrogen) atoms. The molecule has 4 rings (SSSR count). The molecule has 1 aliphatic heterocycles. The lowest BCUT2D eigenvalue weighted by Crippen LogP contribution is -2.45. The molecule has 3 N–H and O–H groups in total. The Hall–Kier alpha value is -2.45. The average molecular weight is 374 g/mol. The summed E-state index contributed by atoms with van der Waals surface area (Å²) >= 11 is 0. The van der Waals surface area contributed by atoms with E-state index in [0.29, 0.717) is 24.3 Å². The summed E-state index contributed by atoms with van der Waals surface area (Å²) in [5.41, 5.74) is 5.92. The number of fused-ring (bicyclic) bond motifs is 1. The summed E-state index contributed by atoms with van der Waals surface area (Å²) in [5, 5.41) is 9.51. The third kappa shape index (κ3) is 2.98. The minimum Gasteiger partial charge on any atom is -0.477 e. The van der Waals surface area contributed by atoms with E-state index >= 15 is 4.39 Å². The molecule has 2 aliphatic rings. The van der Waals surface area contributed by atoms with Crippen molar-refractivity contribution in [3.05, 3.63) is 39.4 Å². The van der Waals surface area contributed by atoms with Gasteiger partial charge in [0.05, 0.1) is 16.6 Å². The normalized spacial score (nSPS) is 18.3. The molecule has 2 heterocycles. The van der Waals surface area contributed by atoms with Gasteiger partial charge < -0.3 is 25.2 Å². The second-order valence-corrected chi connectivity index (χ2v) is 7.39. The van der Waals surface area contributed by atoms with E-state index in [1.54, 1.807) is 6.07 Å². The first-order valence-corrected chi connectivity index (χ1v) is 9.19. The molecule has 144 valence electrons. The number of aromatic nitrogens is 1. The molecule has 0 amide bonds. The first kappa shape index (κ1) is 17.9. The number of benzene rings is 1. The predicted molar refractivity (Wildman–Crippen MR) is 101 cm³/mol. The van der Waals surface area contributed by atoms with E-state index in [0.717, 1.165) is 25.9 Å². The second kappa shape index (κ2) is 6.61. The van der Waals surface area contributed by atoms with Crippen LogP contribution in [0.1, 0.15) is 34.8 Å². The highest BCUT2D eigenvalue weighted by Gasteiger charge is 2.30. The van der Waals surface area contributed by atoms with Crippen LogP contribution in [0, 0.1) is 5.82 Å². The molecular formula is C19H23FN4O3. The van der Waals surface area contributed by atoms with Gasteiger partial charge in [0.2, 0.25) is 5.43 Å². The third-order valence-electron chi connectivity index (χ3n) is 5.56. The van der Waals surface area contributed by atoms with Crippen LogP contribution in [-0.4, -0.2) is 53.8 Å². The zero-order valence-corrected chi connectivity index (χ0v) is 15.2. The Labute approximate surface area is 155 Å². The number of nitrogens with two attached hydrogens (primary N) is 1. The van der Waals surface area contributed by atoms with Gasteiger partial charge in [-0.25, -0.2) is 9.18 Å². The molecule has 2 fully saturated rings. The molecular weight excluding hydrogens is 351 g/mol. The Morgan fingerprint density at radius 1 is 1.30 bits per heavy atom. The van der Waals surface area contributed by atoms with Gasteiger partial charge in [-0.1, -0.05) is 0 Å². The summed E-state index contributed by atoms with van der Waals surface area (Å²) in [6.45, 7) is 2.85. The Kier molecular flexibility index (Phi) is 4.39. The lowest BCUT2D eigenvalue weighted by atomic mass is 10.0. The maximum atomic E-state index is 15.3. The molecule has 1 aromatic carbocycles. The minimum absolute atomic E-state index is 0.0969. The number of likely N-dealkylation sites (N-methyl/N-ethyl adjacent to an activating group) is 1. The van der Waals surface area contributed by atoms with Crippen molar-refractivity contribution in [3.63, 3.8) is 0 Å². The maximum absolute atomic E-state index is 15.3. The van der Waals surface area contributed by atoms with Gasteiger partial charge in [-0.3, -0.25) is 4.79 Å². The molecule has 0 unspecified atom stereocenters. The highest BCUT2D eigenvalue weighted by atomic mass is 19.1. The molecule has 0 radical (unpaired) electrons. The SMILES string of the molecule is CN1CCN(c2cc3c(c(CN)c2F)c(=O)c(C(=O)O)cn3C2CC2)CC1. The molecule has 8 heteroatoms. The molecule has 2 aromatic rings. The van der Waals surface area contributed by atoms with Crippen molar-refractivity contribution in [3.8, 4) is 0 Å². The number of carboxylic acid groups (broad SMARTS) is 1. The van der Waals surface area contributed by atoms with E-state index in [1.165, 1.54) is 6.20 Å². The Morgan fingerprint density at radius 3 is 2.52 bits per heavy atom. The van der Waals surface area contributed by atoms with Crippen LogP contribution in [0.5, 0.6) is 0 Å². The highest BCUT2D eigenvalue weighted by molar-refractivity contribution is 5.95. The number of nitrogens with zero attached hydrogens (tertiary/aromatic N) is 3. The van der Waals surface area contributed by atoms with Gasteiger partial charge in [0, 0.05) is 50.5 Å². The molecule has 1 saturated carbocycles. The fourth-order valence-electron chi connectivity index (χ4n) is 3.82. The Bertz CT molecular complexity index is 975. The molecule has 7 nitrogen and oxygen atoms in total. The van der Waals surface area contributed by atoms with E-state index < -0.39 is 17.2 Å². The van der Waals surface area contributed by atoms with Gasteiger partial charge in [-0.15, -0.1) is 0 Å². The summed E-state index contributed by atoms with van der Waals surface area (Å²) in [6.07, 6.45) is 3.23. The molecule has 1 aliphatic carbocycles. The van der Waals surface area contributed by atoms with Crippen LogP contribution in [0.2, 0.25) is 0 Å². The number of hydrogen-bond donors (Lipinski definition) is 2. The van der Waals surface area contributed by atoms with Crippen molar-refractivity contribution in [2.45, 2.75) is 25.4 Å². The Balaban J connectivity index is 1.99. The Morgan fingerprint density at radius 2 is 1.96 bits per heavy atom. The van der Waals surface area contributed by atoms with Gasteiger partial charge in [0.1, 0.15) is 5.56 Å². The van der Waals surface area contributed by atoms with E-state index in [2.05, 4.69) is 4.90 Å². The van der Waals surface area contributed by atoms with E-state index in [1.807, 2.05) is 16.5 Å². The number of hydrogen-bond acceptors (Lipinski definition) is 5. The topological polar surface area (TPSA) is 91.8 Å². The quantitative estimate of drug-likeness (QED) is 0.840. The van der Waals surface area contributed by atoms with Gasteiger partial charge in [0.15, 0.2) is 5.82 Å². The molecule has 0 atom stereocenters. The maximum Gasteiger partial charge on any atom is 0.341 e. The van der Waals surface area contributed by atoms with Crippen LogP contribution in [0.15, 0.2) is 17.1 Å². The number of carboxylic acids is 1. The van der Waals surface area contributed by atoms with Crippen molar-refractivity contribution >= 4 is 22.6 Å². The number of aromatic carboxylic acids is 1. The van der Waals surface area contributed by atoms with Crippen LogP contribution >= 0.6 is 0 Å². The predicted octanol–water partition coefficient (Wildman–Crippen LogP) is 1.38.